The summed E-state index contributed by atoms with van der Waals surface area (Å²) in [6, 6.07) is 10.3. The van der Waals surface area contributed by atoms with Crippen molar-refractivity contribution in [2.45, 2.75) is 6.42 Å². The van der Waals surface area contributed by atoms with E-state index in [-0.39, 0.29) is 0 Å². The Hall–Kier alpha value is -1.61. The van der Waals surface area contributed by atoms with E-state index in [0.717, 1.165) is 12.1 Å². The Bertz CT molecular complexity index is 431. The van der Waals surface area contributed by atoms with Gasteiger partial charge >= 0.3 is 0 Å². The van der Waals surface area contributed by atoms with Gasteiger partial charge in [0.1, 0.15) is 0 Å². The van der Waals surface area contributed by atoms with Crippen LogP contribution in [0.2, 0.25) is 0 Å². The lowest BCUT2D eigenvalue weighted by Gasteiger charge is -2.00. The summed E-state index contributed by atoms with van der Waals surface area (Å²) in [5, 5.41) is 4.41. The van der Waals surface area contributed by atoms with E-state index in [1.807, 2.05) is 36.1 Å². The number of aromatic nitrogens is 2. The third-order valence-electron chi connectivity index (χ3n) is 2.37. The van der Waals surface area contributed by atoms with Gasteiger partial charge in [0.15, 0.2) is 0 Å². The van der Waals surface area contributed by atoms with Crippen molar-refractivity contribution in [2.24, 2.45) is 12.8 Å². The van der Waals surface area contributed by atoms with Gasteiger partial charge in [-0.25, -0.2) is 0 Å². The molecule has 2 N–H and O–H groups in total. The Kier molecular flexibility index (Phi) is 2.83. The van der Waals surface area contributed by atoms with Gasteiger partial charge in [-0.1, -0.05) is 30.3 Å². The van der Waals surface area contributed by atoms with Crippen molar-refractivity contribution < 1.29 is 0 Å². The second-order valence-electron chi connectivity index (χ2n) is 3.57. The van der Waals surface area contributed by atoms with Crippen molar-refractivity contribution in [1.29, 1.82) is 0 Å². The minimum Gasteiger partial charge on any atom is -0.330 e. The Balaban J connectivity index is 2.43. The van der Waals surface area contributed by atoms with Gasteiger partial charge in [-0.15, -0.1) is 0 Å². The molecule has 3 heteroatoms. The van der Waals surface area contributed by atoms with E-state index in [1.165, 1.54) is 11.1 Å². The number of nitrogens with zero attached hydrogens (tertiary/aromatic N) is 2. The summed E-state index contributed by atoms with van der Waals surface area (Å²) < 4.78 is 1.84. The molecule has 0 saturated carbocycles. The zero-order chi connectivity index (χ0) is 10.7. The fourth-order valence-corrected chi connectivity index (χ4v) is 1.71. The quantitative estimate of drug-likeness (QED) is 0.819. The molecule has 2 rings (SSSR count). The standard InChI is InChI=1S/C12H15N3/c1-15-9-11(12(14-15)7-8-13)10-5-3-2-4-6-10/h2-6,9H,7-8,13H2,1H3. The average Bonchev–Trinajstić information content (AvgIpc) is 2.62. The molecular formula is C12H15N3. The maximum absolute atomic E-state index is 5.57. The van der Waals surface area contributed by atoms with Crippen LogP contribution in [-0.2, 0) is 13.5 Å². The number of benzene rings is 1. The molecule has 15 heavy (non-hydrogen) atoms. The molecule has 0 unspecified atom stereocenters. The van der Waals surface area contributed by atoms with Crippen LogP contribution >= 0.6 is 0 Å². The molecule has 0 radical (unpaired) electrons. The van der Waals surface area contributed by atoms with E-state index in [9.17, 15) is 0 Å². The van der Waals surface area contributed by atoms with Crippen LogP contribution < -0.4 is 5.73 Å². The molecular weight excluding hydrogens is 186 g/mol. The first kappa shape index (κ1) is 9.93. The molecule has 0 spiro atoms. The Morgan fingerprint density at radius 3 is 2.67 bits per heavy atom. The summed E-state index contributed by atoms with van der Waals surface area (Å²) in [7, 11) is 1.94. The second kappa shape index (κ2) is 4.28. The SMILES string of the molecule is Cn1cc(-c2ccccc2)c(CCN)n1. The molecule has 0 aliphatic rings. The van der Waals surface area contributed by atoms with Gasteiger partial charge in [-0.05, 0) is 12.1 Å². The van der Waals surface area contributed by atoms with Crippen molar-refractivity contribution in [3.63, 3.8) is 0 Å². The van der Waals surface area contributed by atoms with E-state index < -0.39 is 0 Å². The van der Waals surface area contributed by atoms with Crippen LogP contribution in [0.15, 0.2) is 36.5 Å². The van der Waals surface area contributed by atoms with E-state index in [0.29, 0.717) is 6.54 Å². The fraction of sp³-hybridized carbons (Fsp3) is 0.250. The molecule has 2 aromatic rings. The zero-order valence-electron chi connectivity index (χ0n) is 8.85. The lowest BCUT2D eigenvalue weighted by Crippen LogP contribution is -2.04. The van der Waals surface area contributed by atoms with Crippen molar-refractivity contribution in [1.82, 2.24) is 9.78 Å². The van der Waals surface area contributed by atoms with Crippen molar-refractivity contribution in [3.05, 3.63) is 42.2 Å². The summed E-state index contributed by atoms with van der Waals surface area (Å²) in [5.74, 6) is 0. The number of rotatable bonds is 3. The number of hydrogen-bond acceptors (Lipinski definition) is 2. The molecule has 78 valence electrons. The predicted octanol–water partition coefficient (Wildman–Crippen LogP) is 1.59. The summed E-state index contributed by atoms with van der Waals surface area (Å²) in [6.45, 7) is 0.636. The van der Waals surface area contributed by atoms with E-state index >= 15 is 0 Å². The lowest BCUT2D eigenvalue weighted by molar-refractivity contribution is 0.739. The highest BCUT2D eigenvalue weighted by molar-refractivity contribution is 5.65. The third-order valence-corrected chi connectivity index (χ3v) is 2.37. The predicted molar refractivity (Wildman–Crippen MR) is 61.4 cm³/mol. The molecule has 0 saturated heterocycles. The number of hydrogen-bond donors (Lipinski definition) is 1. The highest BCUT2D eigenvalue weighted by atomic mass is 15.2. The molecule has 0 fully saturated rings. The van der Waals surface area contributed by atoms with Crippen LogP contribution in [0.25, 0.3) is 11.1 Å². The number of aryl methyl sites for hydroxylation is 1. The monoisotopic (exact) mass is 201 g/mol. The molecule has 1 aromatic heterocycles. The van der Waals surface area contributed by atoms with Gasteiger partial charge in [0.25, 0.3) is 0 Å². The summed E-state index contributed by atoms with van der Waals surface area (Å²) in [5.41, 5.74) is 9.03. The summed E-state index contributed by atoms with van der Waals surface area (Å²) in [4.78, 5) is 0. The Morgan fingerprint density at radius 2 is 2.00 bits per heavy atom. The molecule has 0 aliphatic heterocycles. The topological polar surface area (TPSA) is 43.8 Å². The van der Waals surface area contributed by atoms with Crippen LogP contribution in [0, 0.1) is 0 Å². The first-order chi connectivity index (χ1) is 7.31. The smallest absolute Gasteiger partial charge is 0.0715 e. The Morgan fingerprint density at radius 1 is 1.27 bits per heavy atom. The van der Waals surface area contributed by atoms with Gasteiger partial charge in [0.2, 0.25) is 0 Å². The fourth-order valence-electron chi connectivity index (χ4n) is 1.71. The van der Waals surface area contributed by atoms with Gasteiger partial charge < -0.3 is 5.73 Å². The van der Waals surface area contributed by atoms with Crippen LogP contribution in [0.4, 0.5) is 0 Å². The van der Waals surface area contributed by atoms with Crippen molar-refractivity contribution in [3.8, 4) is 11.1 Å². The summed E-state index contributed by atoms with van der Waals surface area (Å²) in [6.07, 6.45) is 2.87. The third kappa shape index (κ3) is 2.07. The van der Waals surface area contributed by atoms with Crippen LogP contribution in [-0.4, -0.2) is 16.3 Å². The minimum atomic E-state index is 0.636. The number of nitrogens with two attached hydrogens (primary N) is 1. The first-order valence-corrected chi connectivity index (χ1v) is 5.09. The lowest BCUT2D eigenvalue weighted by atomic mass is 10.1. The highest BCUT2D eigenvalue weighted by Gasteiger charge is 2.08. The van der Waals surface area contributed by atoms with Crippen molar-refractivity contribution >= 4 is 0 Å². The van der Waals surface area contributed by atoms with E-state index in [4.69, 9.17) is 5.73 Å². The highest BCUT2D eigenvalue weighted by Crippen LogP contribution is 2.22. The van der Waals surface area contributed by atoms with Crippen LogP contribution in [0.3, 0.4) is 0 Å². The van der Waals surface area contributed by atoms with Crippen LogP contribution in [0.1, 0.15) is 5.69 Å². The maximum Gasteiger partial charge on any atom is 0.0715 e. The molecule has 0 bridgehead atoms. The van der Waals surface area contributed by atoms with Gasteiger partial charge in [-0.2, -0.15) is 5.10 Å². The zero-order valence-corrected chi connectivity index (χ0v) is 8.85. The van der Waals surface area contributed by atoms with Gasteiger partial charge in [0, 0.05) is 25.2 Å². The molecule has 0 amide bonds. The average molecular weight is 201 g/mol. The maximum atomic E-state index is 5.57. The van der Waals surface area contributed by atoms with Gasteiger partial charge in [0.05, 0.1) is 5.69 Å². The van der Waals surface area contributed by atoms with E-state index in [2.05, 4.69) is 17.2 Å². The minimum absolute atomic E-state index is 0.636. The molecule has 1 aromatic carbocycles. The molecule has 3 nitrogen and oxygen atoms in total. The Labute approximate surface area is 89.5 Å². The van der Waals surface area contributed by atoms with Crippen LogP contribution in [0.5, 0.6) is 0 Å². The molecule has 0 aliphatic carbocycles. The second-order valence-corrected chi connectivity index (χ2v) is 3.57. The van der Waals surface area contributed by atoms with Gasteiger partial charge in [-0.3, -0.25) is 4.68 Å². The largest absolute Gasteiger partial charge is 0.330 e. The molecule has 0 atom stereocenters. The van der Waals surface area contributed by atoms with E-state index in [1.54, 1.807) is 0 Å². The van der Waals surface area contributed by atoms with Crippen molar-refractivity contribution in [2.75, 3.05) is 6.54 Å². The first-order valence-electron chi connectivity index (χ1n) is 5.09. The summed E-state index contributed by atoms with van der Waals surface area (Å²) >= 11 is 0. The molecule has 1 heterocycles. The normalized spacial score (nSPS) is 10.5.